The number of nitrogens with zero attached hydrogens (tertiary/aromatic N) is 3. The molecule has 6 heteroatoms. The quantitative estimate of drug-likeness (QED) is 0.660. The Morgan fingerprint density at radius 2 is 2.04 bits per heavy atom. The molecule has 0 unspecified atom stereocenters. The van der Waals surface area contributed by atoms with E-state index in [-0.39, 0.29) is 6.10 Å². The minimum absolute atomic E-state index is 0.192. The van der Waals surface area contributed by atoms with Crippen molar-refractivity contribution in [2.45, 2.75) is 39.3 Å². The van der Waals surface area contributed by atoms with Crippen LogP contribution >= 0.6 is 0 Å². The number of aryl methyl sites for hydroxylation is 1. The normalized spacial score (nSPS) is 16.3. The summed E-state index contributed by atoms with van der Waals surface area (Å²) < 4.78 is 5.84. The average Bonchev–Trinajstić information content (AvgIpc) is 3.09. The van der Waals surface area contributed by atoms with Gasteiger partial charge in [0.2, 0.25) is 5.89 Å². The first-order valence-electron chi connectivity index (χ1n) is 8.88. The molecule has 0 aliphatic carbocycles. The molecule has 2 aromatic rings. The molecule has 6 nitrogen and oxygen atoms in total. The number of guanidine groups is 1. The number of rotatable bonds is 4. The molecular formula is C19H26N4O2. The predicted octanol–water partition coefficient (Wildman–Crippen LogP) is 2.57. The van der Waals surface area contributed by atoms with Gasteiger partial charge in [0.05, 0.1) is 12.3 Å². The van der Waals surface area contributed by atoms with E-state index in [1.165, 1.54) is 5.56 Å². The molecule has 0 spiro atoms. The standard InChI is InChI=1S/C19H26N4O2/c1-3-20-19(23-10-8-16(24)9-11-23)22-13-18-21-12-17(25-18)15-6-4-14(2)5-7-15/h4-7,12,16,24H,3,8-11,13H2,1-2H3,(H,20,22). The third-order valence-electron chi connectivity index (χ3n) is 4.35. The van der Waals surface area contributed by atoms with Gasteiger partial charge in [-0.3, -0.25) is 0 Å². The molecule has 0 saturated carbocycles. The van der Waals surface area contributed by atoms with Crippen molar-refractivity contribution >= 4 is 5.96 Å². The van der Waals surface area contributed by atoms with Crippen molar-refractivity contribution < 1.29 is 9.52 Å². The molecule has 1 aromatic heterocycles. The third-order valence-corrected chi connectivity index (χ3v) is 4.35. The monoisotopic (exact) mass is 342 g/mol. The van der Waals surface area contributed by atoms with Crippen molar-refractivity contribution in [3.8, 4) is 11.3 Å². The highest BCUT2D eigenvalue weighted by Crippen LogP contribution is 2.21. The van der Waals surface area contributed by atoms with E-state index in [1.54, 1.807) is 6.20 Å². The van der Waals surface area contributed by atoms with Crippen molar-refractivity contribution in [2.24, 2.45) is 4.99 Å². The number of aliphatic hydroxyl groups is 1. The van der Waals surface area contributed by atoms with Crippen molar-refractivity contribution in [3.63, 3.8) is 0 Å². The molecule has 2 heterocycles. The number of likely N-dealkylation sites (tertiary alicyclic amines) is 1. The Morgan fingerprint density at radius 1 is 1.32 bits per heavy atom. The maximum Gasteiger partial charge on any atom is 0.216 e. The van der Waals surface area contributed by atoms with E-state index in [1.807, 2.05) is 12.1 Å². The Kier molecular flexibility index (Phi) is 5.71. The highest BCUT2D eigenvalue weighted by atomic mass is 16.4. The van der Waals surface area contributed by atoms with Crippen LogP contribution in [-0.2, 0) is 6.54 Å². The van der Waals surface area contributed by atoms with Crippen LogP contribution < -0.4 is 5.32 Å². The molecule has 0 atom stereocenters. The van der Waals surface area contributed by atoms with Gasteiger partial charge in [0.25, 0.3) is 0 Å². The number of piperidine rings is 1. The van der Waals surface area contributed by atoms with E-state index in [0.29, 0.717) is 12.4 Å². The summed E-state index contributed by atoms with van der Waals surface area (Å²) in [6.45, 7) is 6.94. The number of aliphatic imine (C=N–C) groups is 1. The van der Waals surface area contributed by atoms with E-state index in [4.69, 9.17) is 4.42 Å². The van der Waals surface area contributed by atoms with Crippen molar-refractivity contribution in [1.29, 1.82) is 0 Å². The largest absolute Gasteiger partial charge is 0.439 e. The lowest BCUT2D eigenvalue weighted by atomic mass is 10.1. The van der Waals surface area contributed by atoms with Crippen LogP contribution in [0.5, 0.6) is 0 Å². The molecule has 1 saturated heterocycles. The zero-order valence-corrected chi connectivity index (χ0v) is 14.9. The van der Waals surface area contributed by atoms with Gasteiger partial charge in [0.1, 0.15) is 6.54 Å². The number of hydrogen-bond donors (Lipinski definition) is 2. The zero-order valence-electron chi connectivity index (χ0n) is 14.9. The second-order valence-corrected chi connectivity index (χ2v) is 6.37. The fourth-order valence-electron chi connectivity index (χ4n) is 2.88. The molecule has 1 fully saturated rings. The van der Waals surface area contributed by atoms with E-state index >= 15 is 0 Å². The van der Waals surface area contributed by atoms with Gasteiger partial charge < -0.3 is 19.7 Å². The van der Waals surface area contributed by atoms with Gasteiger partial charge >= 0.3 is 0 Å². The summed E-state index contributed by atoms with van der Waals surface area (Å²) in [7, 11) is 0. The summed E-state index contributed by atoms with van der Waals surface area (Å²) in [6, 6.07) is 8.19. The highest BCUT2D eigenvalue weighted by Gasteiger charge is 2.19. The van der Waals surface area contributed by atoms with Crippen molar-refractivity contribution in [2.75, 3.05) is 19.6 Å². The minimum Gasteiger partial charge on any atom is -0.439 e. The Balaban J connectivity index is 1.67. The fraction of sp³-hybridized carbons (Fsp3) is 0.474. The van der Waals surface area contributed by atoms with E-state index < -0.39 is 0 Å². The second-order valence-electron chi connectivity index (χ2n) is 6.37. The van der Waals surface area contributed by atoms with Gasteiger partial charge in [0.15, 0.2) is 11.7 Å². The van der Waals surface area contributed by atoms with Crippen LogP contribution in [0.3, 0.4) is 0 Å². The summed E-state index contributed by atoms with van der Waals surface area (Å²) in [5.74, 6) is 2.21. The van der Waals surface area contributed by atoms with Crippen LogP contribution in [0.2, 0.25) is 0 Å². The first-order chi connectivity index (χ1) is 12.2. The topological polar surface area (TPSA) is 73.9 Å². The molecule has 0 radical (unpaired) electrons. The molecule has 134 valence electrons. The van der Waals surface area contributed by atoms with Crippen molar-refractivity contribution in [3.05, 3.63) is 41.9 Å². The molecular weight excluding hydrogens is 316 g/mol. The smallest absolute Gasteiger partial charge is 0.216 e. The lowest BCUT2D eigenvalue weighted by Crippen LogP contribution is -2.46. The average molecular weight is 342 g/mol. The SMILES string of the molecule is CCNC(=NCc1ncc(-c2ccc(C)cc2)o1)N1CCC(O)CC1. The van der Waals surface area contributed by atoms with Crippen molar-refractivity contribution in [1.82, 2.24) is 15.2 Å². The molecule has 0 bridgehead atoms. The van der Waals surface area contributed by atoms with Gasteiger partial charge in [-0.25, -0.2) is 9.98 Å². The fourth-order valence-corrected chi connectivity index (χ4v) is 2.88. The molecule has 1 aromatic carbocycles. The van der Waals surface area contributed by atoms with E-state index in [9.17, 15) is 5.11 Å². The maximum atomic E-state index is 9.66. The Labute approximate surface area is 148 Å². The Morgan fingerprint density at radius 3 is 2.72 bits per heavy atom. The van der Waals surface area contributed by atoms with Crippen LogP contribution in [0.4, 0.5) is 0 Å². The van der Waals surface area contributed by atoms with Crippen LogP contribution in [0, 0.1) is 6.92 Å². The summed E-state index contributed by atoms with van der Waals surface area (Å²) >= 11 is 0. The third kappa shape index (κ3) is 4.60. The predicted molar refractivity (Wildman–Crippen MR) is 98.3 cm³/mol. The molecule has 2 N–H and O–H groups in total. The zero-order chi connectivity index (χ0) is 17.6. The molecule has 0 amide bonds. The Hall–Kier alpha value is -2.34. The molecule has 1 aliphatic heterocycles. The number of oxazole rings is 1. The van der Waals surface area contributed by atoms with Gasteiger partial charge in [0, 0.05) is 25.2 Å². The lowest BCUT2D eigenvalue weighted by Gasteiger charge is -2.32. The van der Waals surface area contributed by atoms with E-state index in [2.05, 4.69) is 46.2 Å². The lowest BCUT2D eigenvalue weighted by molar-refractivity contribution is 0.108. The maximum absolute atomic E-state index is 9.66. The van der Waals surface area contributed by atoms with Crippen LogP contribution in [-0.4, -0.2) is 46.7 Å². The minimum atomic E-state index is -0.192. The summed E-state index contributed by atoms with van der Waals surface area (Å²) in [5, 5.41) is 13.0. The van der Waals surface area contributed by atoms with Gasteiger partial charge in [-0.05, 0) is 26.7 Å². The second kappa shape index (κ2) is 8.16. The molecule has 3 rings (SSSR count). The number of benzene rings is 1. The van der Waals surface area contributed by atoms with Crippen LogP contribution in [0.25, 0.3) is 11.3 Å². The number of nitrogens with one attached hydrogen (secondary N) is 1. The molecule has 25 heavy (non-hydrogen) atoms. The summed E-state index contributed by atoms with van der Waals surface area (Å²) in [6.07, 6.45) is 3.12. The number of hydrogen-bond acceptors (Lipinski definition) is 4. The van der Waals surface area contributed by atoms with Crippen LogP contribution in [0.1, 0.15) is 31.2 Å². The summed E-state index contributed by atoms with van der Waals surface area (Å²) in [5.41, 5.74) is 2.24. The number of aromatic nitrogens is 1. The van der Waals surface area contributed by atoms with Gasteiger partial charge in [-0.15, -0.1) is 0 Å². The highest BCUT2D eigenvalue weighted by molar-refractivity contribution is 5.80. The van der Waals surface area contributed by atoms with Crippen LogP contribution in [0.15, 0.2) is 39.9 Å². The first kappa shape index (κ1) is 17.5. The Bertz CT molecular complexity index is 700. The van der Waals surface area contributed by atoms with E-state index in [0.717, 1.165) is 49.8 Å². The van der Waals surface area contributed by atoms with Gasteiger partial charge in [-0.2, -0.15) is 0 Å². The van der Waals surface area contributed by atoms with Gasteiger partial charge in [-0.1, -0.05) is 29.8 Å². The first-order valence-corrected chi connectivity index (χ1v) is 8.88. The number of aliphatic hydroxyl groups excluding tert-OH is 1. The molecule has 1 aliphatic rings. The summed E-state index contributed by atoms with van der Waals surface area (Å²) in [4.78, 5) is 11.2.